The van der Waals surface area contributed by atoms with E-state index in [4.69, 9.17) is 9.47 Å². The Morgan fingerprint density at radius 3 is 2.76 bits per heavy atom. The summed E-state index contributed by atoms with van der Waals surface area (Å²) in [5.74, 6) is 1.26. The third kappa shape index (κ3) is 8.96. The van der Waals surface area contributed by atoms with Crippen LogP contribution in [0.4, 0.5) is 22.0 Å². The summed E-state index contributed by atoms with van der Waals surface area (Å²) in [5.41, 5.74) is 4.21. The van der Waals surface area contributed by atoms with Crippen molar-refractivity contribution >= 4 is 56.8 Å². The minimum Gasteiger partial charge on any atom is -0.508 e. The molecule has 14 nitrogen and oxygen atoms in total. The first-order valence-corrected chi connectivity index (χ1v) is 18.4. The molecule has 0 unspecified atom stereocenters. The second-order valence-corrected chi connectivity index (χ2v) is 14.2. The molecule has 1 saturated heterocycles. The molecular formula is C34H44N8O6S2. The van der Waals surface area contributed by atoms with Gasteiger partial charge in [0.15, 0.2) is 17.0 Å². The van der Waals surface area contributed by atoms with Crippen molar-refractivity contribution < 1.29 is 24.3 Å². The Hall–Kier alpha value is -4.12. The number of hydrogen-bond acceptors (Lipinski definition) is 13. The summed E-state index contributed by atoms with van der Waals surface area (Å²) in [5, 5.41) is 24.6. The van der Waals surface area contributed by atoms with Crippen molar-refractivity contribution in [2.45, 2.75) is 84.3 Å². The quantitative estimate of drug-likeness (QED) is 0.0701. The summed E-state index contributed by atoms with van der Waals surface area (Å²) in [4.78, 5) is 42.6. The molecule has 1 fully saturated rings. The van der Waals surface area contributed by atoms with E-state index in [9.17, 15) is 20.0 Å². The Morgan fingerprint density at radius 2 is 2.04 bits per heavy atom. The number of amides is 1. The van der Waals surface area contributed by atoms with Gasteiger partial charge in [0.1, 0.15) is 23.3 Å². The lowest BCUT2D eigenvalue weighted by Crippen LogP contribution is -2.42. The zero-order valence-electron chi connectivity index (χ0n) is 29.1. The van der Waals surface area contributed by atoms with Crippen molar-refractivity contribution in [3.8, 4) is 5.75 Å². The molecule has 0 spiro atoms. The Morgan fingerprint density at radius 1 is 1.26 bits per heavy atom. The number of phenolic OH excluding ortho intramolecular Hbond substituents is 1. The summed E-state index contributed by atoms with van der Waals surface area (Å²) >= 11 is 4.31. The molecule has 3 heterocycles. The summed E-state index contributed by atoms with van der Waals surface area (Å²) < 4.78 is 13.6. The molecule has 50 heavy (non-hydrogen) atoms. The lowest BCUT2D eigenvalue weighted by Gasteiger charge is -2.33. The molecule has 268 valence electrons. The highest BCUT2D eigenvalue weighted by molar-refractivity contribution is 8.68. The van der Waals surface area contributed by atoms with E-state index in [2.05, 4.69) is 36.8 Å². The number of hydrogen-bond donors (Lipinski definition) is 3. The average molecular weight is 725 g/mol. The van der Waals surface area contributed by atoms with E-state index < -0.39 is 23.1 Å². The second-order valence-electron chi connectivity index (χ2n) is 12.8. The fraction of sp³-hybridized carbons (Fsp3) is 0.471. The molecule has 0 radical (unpaired) electrons. The van der Waals surface area contributed by atoms with E-state index in [0.717, 1.165) is 36.2 Å². The number of anilines is 2. The smallest absolute Gasteiger partial charge is 0.328 e. The first-order chi connectivity index (χ1) is 23.8. The topological polar surface area (TPSA) is 161 Å². The van der Waals surface area contributed by atoms with Gasteiger partial charge in [-0.2, -0.15) is 0 Å². The van der Waals surface area contributed by atoms with Gasteiger partial charge in [0, 0.05) is 44.5 Å². The monoisotopic (exact) mass is 724 g/mol. The normalized spacial score (nSPS) is 17.9. The Labute approximate surface area is 300 Å². The second kappa shape index (κ2) is 16.3. The van der Waals surface area contributed by atoms with Crippen LogP contribution in [0, 0.1) is 24.0 Å². The molecule has 2 aromatic carbocycles. The van der Waals surface area contributed by atoms with Gasteiger partial charge in [-0.15, -0.1) is 11.7 Å². The van der Waals surface area contributed by atoms with Crippen LogP contribution in [0.5, 0.6) is 5.75 Å². The molecular weight excluding hydrogens is 681 g/mol. The van der Waals surface area contributed by atoms with Gasteiger partial charge < -0.3 is 29.7 Å². The van der Waals surface area contributed by atoms with E-state index in [1.807, 2.05) is 51.8 Å². The van der Waals surface area contributed by atoms with Crippen molar-refractivity contribution in [2.24, 2.45) is 0 Å². The molecule has 4 atom stereocenters. The van der Waals surface area contributed by atoms with E-state index >= 15 is 0 Å². The van der Waals surface area contributed by atoms with Crippen LogP contribution in [0.1, 0.15) is 56.1 Å². The number of non-ortho nitro benzene ring substituents is 1. The summed E-state index contributed by atoms with van der Waals surface area (Å²) in [6.45, 7) is 11.3. The maximum Gasteiger partial charge on any atom is 0.328 e. The lowest BCUT2D eigenvalue weighted by molar-refractivity contribution is -0.384. The van der Waals surface area contributed by atoms with Gasteiger partial charge in [0.2, 0.25) is 0 Å². The highest BCUT2D eigenvalue weighted by Crippen LogP contribution is 2.30. The van der Waals surface area contributed by atoms with Crippen LogP contribution in [-0.2, 0) is 22.6 Å². The summed E-state index contributed by atoms with van der Waals surface area (Å²) in [7, 11) is 3.29. The van der Waals surface area contributed by atoms with E-state index in [1.54, 1.807) is 25.1 Å². The predicted molar refractivity (Wildman–Crippen MR) is 198 cm³/mol. The van der Waals surface area contributed by atoms with Gasteiger partial charge in [0.05, 0.1) is 29.8 Å². The van der Waals surface area contributed by atoms with Crippen molar-refractivity contribution in [2.75, 3.05) is 29.9 Å². The molecule has 5 rings (SSSR count). The summed E-state index contributed by atoms with van der Waals surface area (Å²) in [6, 6.07) is 9.40. The Bertz CT molecular complexity index is 1840. The van der Waals surface area contributed by atoms with Crippen LogP contribution >= 0.6 is 22.5 Å². The molecule has 4 aromatic rings. The SMILES string of the molecule is Cc1nc(N(C)Cc2ccc(O)cc2C)c2ncn(C(=O)N[C@H](C)[C@@H](C)OCc3cc(N4CCC[C@@H](SS)O[C@@H](C)C4)cc([N+](=O)[O-])c3)c2n1. The number of ether oxygens (including phenoxy) is 2. The highest BCUT2D eigenvalue weighted by Gasteiger charge is 2.24. The van der Waals surface area contributed by atoms with Crippen LogP contribution in [0.15, 0.2) is 42.7 Å². The number of carbonyl (C=O) groups excluding carboxylic acids is 1. The number of nitrogens with zero attached hydrogens (tertiary/aromatic N) is 7. The van der Waals surface area contributed by atoms with E-state index in [-0.39, 0.29) is 29.6 Å². The van der Waals surface area contributed by atoms with Crippen molar-refractivity contribution in [3.63, 3.8) is 0 Å². The molecule has 1 aliphatic rings. The van der Waals surface area contributed by atoms with Crippen LogP contribution in [-0.4, -0.2) is 79.4 Å². The number of imidazole rings is 1. The number of aryl methyl sites for hydroxylation is 2. The van der Waals surface area contributed by atoms with Crippen molar-refractivity contribution in [1.82, 2.24) is 24.8 Å². The Kier molecular flexibility index (Phi) is 12.1. The first-order valence-electron chi connectivity index (χ1n) is 16.5. The van der Waals surface area contributed by atoms with Gasteiger partial charge in [-0.1, -0.05) is 16.9 Å². The summed E-state index contributed by atoms with van der Waals surface area (Å²) in [6.07, 6.45) is 2.61. The molecule has 1 amide bonds. The number of phenols is 1. The number of carbonyl (C=O) groups is 1. The number of rotatable bonds is 11. The van der Waals surface area contributed by atoms with E-state index in [0.29, 0.717) is 41.5 Å². The zero-order chi connectivity index (χ0) is 36.1. The van der Waals surface area contributed by atoms with Crippen molar-refractivity contribution in [1.29, 1.82) is 0 Å². The molecule has 0 aliphatic carbocycles. The maximum atomic E-state index is 13.5. The third-order valence-electron chi connectivity index (χ3n) is 8.76. The largest absolute Gasteiger partial charge is 0.508 e. The van der Waals surface area contributed by atoms with E-state index in [1.165, 1.54) is 27.8 Å². The highest BCUT2D eigenvalue weighted by atomic mass is 33.1. The van der Waals surface area contributed by atoms with Gasteiger partial charge in [0.25, 0.3) is 5.69 Å². The van der Waals surface area contributed by atoms with Crippen LogP contribution in [0.2, 0.25) is 0 Å². The number of thiol groups is 1. The molecule has 1 aliphatic heterocycles. The molecule has 2 aromatic heterocycles. The number of nitro groups is 1. The van der Waals surface area contributed by atoms with Gasteiger partial charge in [-0.05, 0) is 82.3 Å². The number of fused-ring (bicyclic) bond motifs is 1. The molecule has 16 heteroatoms. The van der Waals surface area contributed by atoms with Gasteiger partial charge >= 0.3 is 6.03 Å². The minimum absolute atomic E-state index is 0.0120. The Balaban J connectivity index is 1.25. The predicted octanol–water partition coefficient (Wildman–Crippen LogP) is 6.15. The fourth-order valence-corrected chi connectivity index (χ4v) is 6.88. The third-order valence-corrected chi connectivity index (χ3v) is 10.0. The number of aromatic hydroxyl groups is 1. The molecule has 0 bridgehead atoms. The van der Waals surface area contributed by atoms with Crippen LogP contribution < -0.4 is 15.1 Å². The number of nitrogens with one attached hydrogen (secondary N) is 1. The number of aromatic nitrogens is 4. The molecule has 0 saturated carbocycles. The fourth-order valence-electron chi connectivity index (χ4n) is 5.91. The zero-order valence-corrected chi connectivity index (χ0v) is 30.8. The van der Waals surface area contributed by atoms with Gasteiger partial charge in [-0.3, -0.25) is 10.1 Å². The van der Waals surface area contributed by atoms with Crippen LogP contribution in [0.3, 0.4) is 0 Å². The van der Waals surface area contributed by atoms with Gasteiger partial charge in [-0.25, -0.2) is 24.3 Å². The average Bonchev–Trinajstić information content (AvgIpc) is 3.49. The van der Waals surface area contributed by atoms with Crippen molar-refractivity contribution in [3.05, 3.63) is 75.4 Å². The standard InChI is InChI=1S/C34H44N8O6S2/c1-20-12-29(43)10-9-26(20)17-39(6)32-31-33(38-24(5)37-32)41(19-35-31)34(44)36-22(3)23(4)47-18-25-13-27(15-28(14-25)42(45)46)40-11-7-8-30(50-49)48-21(2)16-40/h9-10,12-15,19,21-23,30,43,49H,7-8,11,16-18H2,1-6H3,(H,36,44)/t21-,22+,23+,30+/m0/s1. The van der Waals surface area contributed by atoms with Crippen LogP contribution in [0.25, 0.3) is 11.2 Å². The molecule has 2 N–H and O–H groups in total. The number of nitro benzene ring substituents is 1. The number of benzene rings is 2. The first kappa shape index (κ1) is 37.1. The minimum atomic E-state index is -0.436. The maximum absolute atomic E-state index is 13.5. The lowest BCUT2D eigenvalue weighted by atomic mass is 10.1.